The van der Waals surface area contributed by atoms with Gasteiger partial charge in [0.05, 0.1) is 0 Å². The van der Waals surface area contributed by atoms with Crippen molar-refractivity contribution in [2.24, 2.45) is 11.8 Å². The minimum atomic E-state index is 0.0816. The highest BCUT2D eigenvalue weighted by Gasteiger charge is 2.26. The van der Waals surface area contributed by atoms with Gasteiger partial charge in [-0.25, -0.2) is 0 Å². The van der Waals surface area contributed by atoms with Crippen LogP contribution in [0.15, 0.2) is 12.7 Å². The molecule has 2 nitrogen and oxygen atoms in total. The monoisotopic (exact) mass is 167 g/mol. The van der Waals surface area contributed by atoms with Crippen LogP contribution in [-0.2, 0) is 4.79 Å². The van der Waals surface area contributed by atoms with E-state index in [1.54, 1.807) is 0 Å². The van der Waals surface area contributed by atoms with Gasteiger partial charge in [0, 0.05) is 13.1 Å². The number of carbonyl (C=O) groups is 1. The summed E-state index contributed by atoms with van der Waals surface area (Å²) in [5.41, 5.74) is 0. The third-order valence-electron chi connectivity index (χ3n) is 2.65. The molecule has 0 N–H and O–H groups in total. The lowest BCUT2D eigenvalue weighted by molar-refractivity contribution is -0.125. The minimum Gasteiger partial charge on any atom is -0.339 e. The van der Waals surface area contributed by atoms with E-state index in [-0.39, 0.29) is 5.91 Å². The topological polar surface area (TPSA) is 20.3 Å². The molecule has 1 heterocycles. The molecule has 0 unspecified atom stereocenters. The first-order valence-corrected chi connectivity index (χ1v) is 4.56. The Balaban J connectivity index is 2.45. The lowest BCUT2D eigenvalue weighted by atomic mass is 9.95. The van der Waals surface area contributed by atoms with E-state index in [0.717, 1.165) is 19.5 Å². The molecule has 0 aromatic rings. The predicted octanol–water partition coefficient (Wildman–Crippen LogP) is 1.68. The van der Waals surface area contributed by atoms with Gasteiger partial charge in [-0.3, -0.25) is 4.79 Å². The van der Waals surface area contributed by atoms with E-state index >= 15 is 0 Å². The van der Waals surface area contributed by atoms with Crippen LogP contribution >= 0.6 is 0 Å². The highest BCUT2D eigenvalue weighted by Crippen LogP contribution is 2.23. The van der Waals surface area contributed by atoms with Crippen LogP contribution in [0, 0.1) is 11.8 Å². The van der Waals surface area contributed by atoms with Gasteiger partial charge in [0.1, 0.15) is 0 Å². The largest absolute Gasteiger partial charge is 0.339 e. The van der Waals surface area contributed by atoms with Crippen LogP contribution in [0.3, 0.4) is 0 Å². The third kappa shape index (κ3) is 1.87. The molecule has 1 aliphatic heterocycles. The quantitative estimate of drug-likeness (QED) is 0.573. The highest BCUT2D eigenvalue weighted by molar-refractivity contribution is 5.87. The van der Waals surface area contributed by atoms with Crippen molar-refractivity contribution in [2.75, 3.05) is 13.1 Å². The Morgan fingerprint density at radius 2 is 2.33 bits per heavy atom. The number of hydrogen-bond acceptors (Lipinski definition) is 1. The zero-order chi connectivity index (χ0) is 9.14. The molecule has 1 amide bonds. The van der Waals surface area contributed by atoms with Gasteiger partial charge in [0.2, 0.25) is 5.91 Å². The molecule has 68 valence electrons. The van der Waals surface area contributed by atoms with E-state index in [0.29, 0.717) is 11.8 Å². The van der Waals surface area contributed by atoms with Gasteiger partial charge in [0.25, 0.3) is 0 Å². The fourth-order valence-electron chi connectivity index (χ4n) is 1.66. The van der Waals surface area contributed by atoms with E-state index < -0.39 is 0 Å². The van der Waals surface area contributed by atoms with Crippen LogP contribution in [0.1, 0.15) is 20.3 Å². The Labute approximate surface area is 74.2 Å². The van der Waals surface area contributed by atoms with Crippen molar-refractivity contribution in [3.05, 3.63) is 12.7 Å². The molecule has 1 aliphatic rings. The Morgan fingerprint density at radius 1 is 1.67 bits per heavy atom. The lowest BCUT2D eigenvalue weighted by Crippen LogP contribution is -2.27. The van der Waals surface area contributed by atoms with Crippen LogP contribution < -0.4 is 0 Å². The van der Waals surface area contributed by atoms with Gasteiger partial charge in [-0.2, -0.15) is 0 Å². The van der Waals surface area contributed by atoms with Gasteiger partial charge in [-0.15, -0.1) is 0 Å². The average Bonchev–Trinajstić information content (AvgIpc) is 2.51. The molecular formula is C10H17NO. The summed E-state index contributed by atoms with van der Waals surface area (Å²) in [4.78, 5) is 13.1. The van der Waals surface area contributed by atoms with Crippen molar-refractivity contribution in [3.63, 3.8) is 0 Å². The second-order valence-electron chi connectivity index (χ2n) is 3.78. The molecule has 1 atom stereocenters. The van der Waals surface area contributed by atoms with Gasteiger partial charge in [0.15, 0.2) is 0 Å². The lowest BCUT2D eigenvalue weighted by Gasteiger charge is -2.16. The first-order chi connectivity index (χ1) is 5.65. The van der Waals surface area contributed by atoms with E-state index in [1.807, 2.05) is 4.90 Å². The van der Waals surface area contributed by atoms with E-state index in [9.17, 15) is 4.79 Å². The zero-order valence-electron chi connectivity index (χ0n) is 7.92. The van der Waals surface area contributed by atoms with E-state index in [1.165, 1.54) is 6.08 Å². The summed E-state index contributed by atoms with van der Waals surface area (Å²) in [7, 11) is 0. The fourth-order valence-corrected chi connectivity index (χ4v) is 1.66. The minimum absolute atomic E-state index is 0.0816. The molecule has 0 bridgehead atoms. The molecule has 0 spiro atoms. The molecule has 12 heavy (non-hydrogen) atoms. The highest BCUT2D eigenvalue weighted by atomic mass is 16.2. The van der Waals surface area contributed by atoms with Gasteiger partial charge >= 0.3 is 0 Å². The van der Waals surface area contributed by atoms with E-state index in [2.05, 4.69) is 20.4 Å². The maximum Gasteiger partial charge on any atom is 0.245 e. The second-order valence-corrected chi connectivity index (χ2v) is 3.78. The van der Waals surface area contributed by atoms with Gasteiger partial charge < -0.3 is 4.90 Å². The smallest absolute Gasteiger partial charge is 0.245 e. The summed E-state index contributed by atoms with van der Waals surface area (Å²) in [5, 5.41) is 0. The molecule has 1 fully saturated rings. The first-order valence-electron chi connectivity index (χ1n) is 4.56. The molecule has 2 heteroatoms. The van der Waals surface area contributed by atoms with Gasteiger partial charge in [-0.1, -0.05) is 20.4 Å². The van der Waals surface area contributed by atoms with Crippen LogP contribution in [0.25, 0.3) is 0 Å². The van der Waals surface area contributed by atoms with Crippen molar-refractivity contribution in [2.45, 2.75) is 20.3 Å². The fraction of sp³-hybridized carbons (Fsp3) is 0.700. The molecule has 0 radical (unpaired) electrons. The van der Waals surface area contributed by atoms with Crippen molar-refractivity contribution in [1.29, 1.82) is 0 Å². The zero-order valence-corrected chi connectivity index (χ0v) is 7.92. The summed E-state index contributed by atoms with van der Waals surface area (Å²) >= 11 is 0. The van der Waals surface area contributed by atoms with Crippen molar-refractivity contribution in [3.8, 4) is 0 Å². The molecule has 1 rings (SSSR count). The molecular weight excluding hydrogens is 150 g/mol. The predicted molar refractivity (Wildman–Crippen MR) is 49.7 cm³/mol. The van der Waals surface area contributed by atoms with Crippen molar-refractivity contribution in [1.82, 2.24) is 4.90 Å². The van der Waals surface area contributed by atoms with Crippen LogP contribution in [0.5, 0.6) is 0 Å². The average molecular weight is 167 g/mol. The molecule has 1 saturated heterocycles. The molecule has 0 saturated carbocycles. The Bertz CT molecular complexity index is 186. The maximum absolute atomic E-state index is 11.2. The van der Waals surface area contributed by atoms with Crippen LogP contribution in [0.4, 0.5) is 0 Å². The summed E-state index contributed by atoms with van der Waals surface area (Å²) in [5.74, 6) is 1.46. The van der Waals surface area contributed by atoms with Gasteiger partial charge in [-0.05, 0) is 24.3 Å². The number of rotatable bonds is 2. The molecule has 0 aromatic carbocycles. The van der Waals surface area contributed by atoms with Crippen molar-refractivity contribution >= 4 is 5.91 Å². The summed E-state index contributed by atoms with van der Waals surface area (Å²) in [6.45, 7) is 9.74. The third-order valence-corrected chi connectivity index (χ3v) is 2.65. The first kappa shape index (κ1) is 9.30. The Morgan fingerprint density at radius 3 is 2.75 bits per heavy atom. The van der Waals surface area contributed by atoms with Crippen LogP contribution in [-0.4, -0.2) is 23.9 Å². The number of likely N-dealkylation sites (tertiary alicyclic amines) is 1. The van der Waals surface area contributed by atoms with Crippen molar-refractivity contribution < 1.29 is 4.79 Å². The van der Waals surface area contributed by atoms with Crippen LogP contribution in [0.2, 0.25) is 0 Å². The summed E-state index contributed by atoms with van der Waals surface area (Å²) in [6, 6.07) is 0. The number of carbonyl (C=O) groups excluding carboxylic acids is 1. The van der Waals surface area contributed by atoms with E-state index in [4.69, 9.17) is 0 Å². The molecule has 0 aromatic heterocycles. The molecule has 0 aliphatic carbocycles. The Hall–Kier alpha value is -0.790. The second kappa shape index (κ2) is 3.74. The standard InChI is InChI=1S/C10H17NO/c1-4-10(12)11-6-5-9(7-11)8(2)3/h4,8-9H,1,5-7H2,2-3H3/t9-/m0/s1. The summed E-state index contributed by atoms with van der Waals surface area (Å²) in [6.07, 6.45) is 2.56. The number of nitrogens with zero attached hydrogens (tertiary/aromatic N) is 1. The number of amides is 1. The number of hydrogen-bond donors (Lipinski definition) is 0. The normalized spacial score (nSPS) is 23.2. The Kier molecular flexibility index (Phi) is 2.90. The summed E-state index contributed by atoms with van der Waals surface area (Å²) < 4.78 is 0. The maximum atomic E-state index is 11.2. The SMILES string of the molecule is C=CC(=O)N1CC[C@H](C(C)C)C1.